The van der Waals surface area contributed by atoms with E-state index >= 15 is 0 Å². The van der Waals surface area contributed by atoms with Crippen LogP contribution in [-0.4, -0.2) is 47.5 Å². The molecule has 20 heavy (non-hydrogen) atoms. The highest BCUT2D eigenvalue weighted by atomic mass is 19.4. The first-order valence-electron chi connectivity index (χ1n) is 6.08. The number of halogens is 6. The third kappa shape index (κ3) is 6.33. The lowest BCUT2D eigenvalue weighted by Crippen LogP contribution is -2.50. The summed E-state index contributed by atoms with van der Waals surface area (Å²) in [4.78, 5) is 10.8. The van der Waals surface area contributed by atoms with Crippen molar-refractivity contribution in [3.63, 3.8) is 0 Å². The molecule has 0 spiro atoms. The molecule has 1 N–H and O–H groups in total. The Morgan fingerprint density at radius 3 is 2.10 bits per heavy atom. The average Bonchev–Trinajstić information content (AvgIpc) is 2.30. The molecule has 0 heterocycles. The second kappa shape index (κ2) is 7.58. The Bertz CT molecular complexity index is 308. The maximum Gasteiger partial charge on any atom is 0.425 e. The Kier molecular flexibility index (Phi) is 7.15. The summed E-state index contributed by atoms with van der Waals surface area (Å²) in [6.45, 7) is -0.287. The first-order chi connectivity index (χ1) is 9.02. The van der Waals surface area contributed by atoms with E-state index in [-0.39, 0.29) is 17.9 Å². The predicted molar refractivity (Wildman–Crippen MR) is 59.6 cm³/mol. The monoisotopic (exact) mass is 309 g/mol. The molecule has 0 aromatic heterocycles. The number of rotatable bonds is 8. The van der Waals surface area contributed by atoms with E-state index in [0.717, 1.165) is 12.8 Å². The SMILES string of the molecule is CCCCCCN(CC(F)(F)C(F)C(F)(F)F)C(=O)O. The zero-order valence-electron chi connectivity index (χ0n) is 10.9. The fourth-order valence-corrected chi connectivity index (χ4v) is 1.55. The van der Waals surface area contributed by atoms with Gasteiger partial charge in [-0.2, -0.15) is 13.2 Å². The van der Waals surface area contributed by atoms with Gasteiger partial charge in [0.05, 0.1) is 6.54 Å². The van der Waals surface area contributed by atoms with Gasteiger partial charge in [-0.05, 0) is 6.42 Å². The average molecular weight is 309 g/mol. The molecule has 1 unspecified atom stereocenters. The Hall–Kier alpha value is -1.15. The van der Waals surface area contributed by atoms with E-state index in [1.807, 2.05) is 6.92 Å². The number of alkyl halides is 6. The van der Waals surface area contributed by atoms with Crippen LogP contribution in [-0.2, 0) is 0 Å². The summed E-state index contributed by atoms with van der Waals surface area (Å²) in [6.07, 6.45) is -9.54. The first-order valence-corrected chi connectivity index (χ1v) is 6.08. The summed E-state index contributed by atoms with van der Waals surface area (Å²) in [6, 6.07) is 0. The van der Waals surface area contributed by atoms with Gasteiger partial charge >= 0.3 is 18.2 Å². The molecule has 0 aromatic rings. The normalized spacial score (nSPS) is 14.2. The summed E-state index contributed by atoms with van der Waals surface area (Å²) < 4.78 is 74.6. The third-order valence-electron chi connectivity index (χ3n) is 2.61. The van der Waals surface area contributed by atoms with Crippen LogP contribution in [0.3, 0.4) is 0 Å². The van der Waals surface area contributed by atoms with Gasteiger partial charge in [0.2, 0.25) is 0 Å². The number of nitrogens with zero attached hydrogens (tertiary/aromatic N) is 1. The molecule has 0 aliphatic rings. The highest BCUT2D eigenvalue weighted by Crippen LogP contribution is 2.35. The molecule has 9 heteroatoms. The molecule has 1 atom stereocenters. The molecule has 0 saturated heterocycles. The van der Waals surface area contributed by atoms with Crippen LogP contribution in [0.2, 0.25) is 0 Å². The Balaban J connectivity index is 4.60. The first kappa shape index (κ1) is 18.9. The van der Waals surface area contributed by atoms with Gasteiger partial charge in [-0.15, -0.1) is 0 Å². The molecule has 0 bridgehead atoms. The molecule has 120 valence electrons. The van der Waals surface area contributed by atoms with Crippen molar-refractivity contribution in [2.75, 3.05) is 13.1 Å². The van der Waals surface area contributed by atoms with E-state index in [0.29, 0.717) is 6.42 Å². The van der Waals surface area contributed by atoms with Gasteiger partial charge in [0.15, 0.2) is 0 Å². The lowest BCUT2D eigenvalue weighted by Gasteiger charge is -2.28. The predicted octanol–water partition coefficient (Wildman–Crippen LogP) is 4.08. The minimum absolute atomic E-state index is 0.119. The number of amides is 1. The summed E-state index contributed by atoms with van der Waals surface area (Å²) in [7, 11) is 0. The summed E-state index contributed by atoms with van der Waals surface area (Å²) in [5.41, 5.74) is 0. The molecule has 0 saturated carbocycles. The van der Waals surface area contributed by atoms with Crippen LogP contribution in [0.4, 0.5) is 31.1 Å². The van der Waals surface area contributed by atoms with Gasteiger partial charge in [-0.3, -0.25) is 0 Å². The fraction of sp³-hybridized carbons (Fsp3) is 0.909. The molecular weight excluding hydrogens is 292 g/mol. The van der Waals surface area contributed by atoms with Crippen molar-refractivity contribution in [2.45, 2.75) is 50.9 Å². The second-order valence-electron chi connectivity index (χ2n) is 4.43. The van der Waals surface area contributed by atoms with Crippen molar-refractivity contribution in [1.29, 1.82) is 0 Å². The van der Waals surface area contributed by atoms with Crippen LogP contribution >= 0.6 is 0 Å². The Morgan fingerprint density at radius 1 is 1.15 bits per heavy atom. The maximum absolute atomic E-state index is 13.1. The minimum atomic E-state index is -5.73. The van der Waals surface area contributed by atoms with Gasteiger partial charge in [-0.1, -0.05) is 26.2 Å². The molecule has 0 radical (unpaired) electrons. The number of hydrogen-bond donors (Lipinski definition) is 1. The third-order valence-corrected chi connectivity index (χ3v) is 2.61. The smallest absolute Gasteiger partial charge is 0.425 e. The number of carbonyl (C=O) groups is 1. The molecule has 0 aliphatic carbocycles. The van der Waals surface area contributed by atoms with E-state index in [9.17, 15) is 31.1 Å². The van der Waals surface area contributed by atoms with Crippen molar-refractivity contribution in [3.8, 4) is 0 Å². The number of carboxylic acid groups (broad SMARTS) is 1. The lowest BCUT2D eigenvalue weighted by atomic mass is 10.1. The topological polar surface area (TPSA) is 40.5 Å². The van der Waals surface area contributed by atoms with Crippen molar-refractivity contribution in [2.24, 2.45) is 0 Å². The van der Waals surface area contributed by atoms with E-state index in [2.05, 4.69) is 0 Å². The standard InChI is InChI=1S/C11H17F6NO2/c1-2-3-4-5-6-18(9(19)20)7-10(13,14)8(12)11(15,16)17/h8H,2-7H2,1H3,(H,19,20). The van der Waals surface area contributed by atoms with Crippen LogP contribution in [0, 0.1) is 0 Å². The zero-order valence-corrected chi connectivity index (χ0v) is 10.9. The largest absolute Gasteiger partial charge is 0.465 e. The van der Waals surface area contributed by atoms with Crippen LogP contribution in [0.25, 0.3) is 0 Å². The minimum Gasteiger partial charge on any atom is -0.465 e. The van der Waals surface area contributed by atoms with Crippen LogP contribution < -0.4 is 0 Å². The number of hydrogen-bond acceptors (Lipinski definition) is 1. The lowest BCUT2D eigenvalue weighted by molar-refractivity contribution is -0.246. The van der Waals surface area contributed by atoms with Gasteiger partial charge in [0, 0.05) is 6.54 Å². The molecule has 0 aliphatic heterocycles. The molecule has 0 rings (SSSR count). The van der Waals surface area contributed by atoms with Crippen molar-refractivity contribution >= 4 is 6.09 Å². The van der Waals surface area contributed by atoms with Gasteiger partial charge in [0.1, 0.15) is 0 Å². The van der Waals surface area contributed by atoms with Crippen molar-refractivity contribution in [1.82, 2.24) is 4.90 Å². The molecule has 1 amide bonds. The highest BCUT2D eigenvalue weighted by molar-refractivity contribution is 5.65. The van der Waals surface area contributed by atoms with Crippen LogP contribution in [0.1, 0.15) is 32.6 Å². The van der Waals surface area contributed by atoms with Gasteiger partial charge < -0.3 is 10.0 Å². The van der Waals surface area contributed by atoms with E-state index in [1.54, 1.807) is 0 Å². The molecule has 0 fully saturated rings. The molecule has 3 nitrogen and oxygen atoms in total. The summed E-state index contributed by atoms with van der Waals surface area (Å²) in [5, 5.41) is 8.67. The van der Waals surface area contributed by atoms with Crippen LogP contribution in [0.5, 0.6) is 0 Å². The van der Waals surface area contributed by atoms with Crippen LogP contribution in [0.15, 0.2) is 0 Å². The van der Waals surface area contributed by atoms with E-state index in [4.69, 9.17) is 5.11 Å². The van der Waals surface area contributed by atoms with E-state index in [1.165, 1.54) is 0 Å². The fourth-order valence-electron chi connectivity index (χ4n) is 1.55. The zero-order chi connectivity index (χ0) is 16.0. The molecule has 0 aromatic carbocycles. The Morgan fingerprint density at radius 2 is 1.70 bits per heavy atom. The second-order valence-corrected chi connectivity index (χ2v) is 4.43. The van der Waals surface area contributed by atoms with Gasteiger partial charge in [-0.25, -0.2) is 18.0 Å². The summed E-state index contributed by atoms with van der Waals surface area (Å²) in [5.74, 6) is -4.80. The van der Waals surface area contributed by atoms with Gasteiger partial charge in [0.25, 0.3) is 6.17 Å². The maximum atomic E-state index is 13.1. The molecular formula is C11H17F6NO2. The number of unbranched alkanes of at least 4 members (excludes halogenated alkanes) is 3. The van der Waals surface area contributed by atoms with E-state index < -0.39 is 30.9 Å². The van der Waals surface area contributed by atoms with Crippen molar-refractivity contribution in [3.05, 3.63) is 0 Å². The summed E-state index contributed by atoms with van der Waals surface area (Å²) >= 11 is 0. The quantitative estimate of drug-likeness (QED) is 0.542. The highest BCUT2D eigenvalue weighted by Gasteiger charge is 2.57. The Labute approximate surface area is 112 Å². The van der Waals surface area contributed by atoms with Crippen molar-refractivity contribution < 1.29 is 36.2 Å².